The van der Waals surface area contributed by atoms with E-state index in [1.165, 1.54) is 0 Å². The van der Waals surface area contributed by atoms with Gasteiger partial charge in [0.2, 0.25) is 5.95 Å². The number of anilines is 1. The van der Waals surface area contributed by atoms with Crippen LogP contribution < -0.4 is 10.9 Å². The van der Waals surface area contributed by atoms with Crippen LogP contribution >= 0.6 is 0 Å². The molecule has 0 saturated carbocycles. The number of fused-ring (bicyclic) bond motifs is 1. The van der Waals surface area contributed by atoms with E-state index in [1.807, 2.05) is 25.4 Å². The van der Waals surface area contributed by atoms with Crippen LogP contribution in [0.3, 0.4) is 0 Å². The third-order valence-corrected chi connectivity index (χ3v) is 3.52. The van der Waals surface area contributed by atoms with Crippen molar-refractivity contribution in [3.63, 3.8) is 0 Å². The largest absolute Gasteiger partial charge is 0.392 e. The Bertz CT molecular complexity index is 882. The first-order chi connectivity index (χ1) is 11.0. The smallest absolute Gasteiger partial charge is 0.263 e. The van der Waals surface area contributed by atoms with Gasteiger partial charge in [0, 0.05) is 25.4 Å². The van der Waals surface area contributed by atoms with E-state index in [2.05, 4.69) is 15.4 Å². The molecule has 3 aromatic rings. The first-order valence-electron chi connectivity index (χ1n) is 7.43. The van der Waals surface area contributed by atoms with Gasteiger partial charge >= 0.3 is 0 Å². The molecule has 120 valence electrons. The number of para-hydroxylation sites is 1. The third kappa shape index (κ3) is 3.24. The lowest BCUT2D eigenvalue weighted by Gasteiger charge is -2.15. The highest BCUT2D eigenvalue weighted by molar-refractivity contribution is 5.78. The molecule has 1 aromatic carbocycles. The summed E-state index contributed by atoms with van der Waals surface area (Å²) in [4.78, 5) is 17.3. The van der Waals surface area contributed by atoms with Crippen LogP contribution in [0, 0.1) is 0 Å². The number of nitrogens with one attached hydrogen (secondary N) is 1. The van der Waals surface area contributed by atoms with Crippen LogP contribution in [0.1, 0.15) is 12.5 Å². The quantitative estimate of drug-likeness (QED) is 0.733. The highest BCUT2D eigenvalue weighted by atomic mass is 16.3. The zero-order chi connectivity index (χ0) is 16.4. The molecule has 0 aliphatic carbocycles. The van der Waals surface area contributed by atoms with E-state index in [-0.39, 0.29) is 5.56 Å². The minimum Gasteiger partial charge on any atom is -0.392 e. The molecule has 0 radical (unpaired) electrons. The summed E-state index contributed by atoms with van der Waals surface area (Å²) in [6.45, 7) is 2.36. The summed E-state index contributed by atoms with van der Waals surface area (Å²) in [5.41, 5.74) is 1.42. The Kier molecular flexibility index (Phi) is 4.12. The molecule has 2 N–H and O–H groups in total. The van der Waals surface area contributed by atoms with Crippen LogP contribution in [0.2, 0.25) is 0 Å². The molecule has 7 nitrogen and oxygen atoms in total. The van der Waals surface area contributed by atoms with Crippen molar-refractivity contribution in [3.8, 4) is 0 Å². The monoisotopic (exact) mass is 313 g/mol. The maximum atomic E-state index is 12.8. The van der Waals surface area contributed by atoms with Gasteiger partial charge in [-0.25, -0.2) is 4.98 Å². The highest BCUT2D eigenvalue weighted by Crippen LogP contribution is 2.13. The van der Waals surface area contributed by atoms with Crippen LogP contribution in [0.5, 0.6) is 0 Å². The molecular weight excluding hydrogens is 294 g/mol. The van der Waals surface area contributed by atoms with Crippen LogP contribution in [-0.4, -0.2) is 37.1 Å². The molecule has 2 aromatic heterocycles. The van der Waals surface area contributed by atoms with Gasteiger partial charge < -0.3 is 10.4 Å². The van der Waals surface area contributed by atoms with Crippen molar-refractivity contribution in [3.05, 3.63) is 52.6 Å². The molecule has 0 amide bonds. The minimum absolute atomic E-state index is 0.118. The molecule has 0 aliphatic rings. The van der Waals surface area contributed by atoms with Gasteiger partial charge in [0.1, 0.15) is 0 Å². The standard InChI is InChI=1S/C16H19N5O2/c1-11(22)7-17-16-19-14-6-4-3-5-13(14)15(23)21(16)10-12-8-18-20(2)9-12/h3-6,8-9,11,22H,7,10H2,1-2H3,(H,17,19)/t11-/m0/s1. The number of aryl methyl sites for hydroxylation is 1. The number of hydrogen-bond donors (Lipinski definition) is 2. The second-order valence-electron chi connectivity index (χ2n) is 5.60. The molecule has 1 atom stereocenters. The Morgan fingerprint density at radius 1 is 1.35 bits per heavy atom. The summed E-state index contributed by atoms with van der Waals surface area (Å²) in [6.07, 6.45) is 3.05. The van der Waals surface area contributed by atoms with Crippen LogP contribution in [0.4, 0.5) is 5.95 Å². The fourth-order valence-electron chi connectivity index (χ4n) is 2.42. The average molecular weight is 313 g/mol. The molecule has 23 heavy (non-hydrogen) atoms. The van der Waals surface area contributed by atoms with E-state index >= 15 is 0 Å². The van der Waals surface area contributed by atoms with Crippen LogP contribution in [0.25, 0.3) is 10.9 Å². The zero-order valence-corrected chi connectivity index (χ0v) is 13.1. The molecule has 2 heterocycles. The van der Waals surface area contributed by atoms with Crippen LogP contribution in [0.15, 0.2) is 41.5 Å². The first-order valence-corrected chi connectivity index (χ1v) is 7.43. The van der Waals surface area contributed by atoms with Gasteiger partial charge in [-0.1, -0.05) is 12.1 Å². The summed E-state index contributed by atoms with van der Waals surface area (Å²) in [6, 6.07) is 7.24. The van der Waals surface area contributed by atoms with Gasteiger partial charge in [0.25, 0.3) is 5.56 Å². The molecule has 0 aliphatic heterocycles. The Labute approximate surface area is 133 Å². The van der Waals surface area contributed by atoms with Crippen LogP contribution in [-0.2, 0) is 13.6 Å². The number of aromatic nitrogens is 4. The van der Waals surface area contributed by atoms with Crippen molar-refractivity contribution in [2.24, 2.45) is 7.05 Å². The predicted octanol–water partition coefficient (Wildman–Crippen LogP) is 0.971. The highest BCUT2D eigenvalue weighted by Gasteiger charge is 2.12. The molecule has 0 spiro atoms. The molecule has 7 heteroatoms. The van der Waals surface area contributed by atoms with E-state index in [4.69, 9.17) is 0 Å². The second-order valence-corrected chi connectivity index (χ2v) is 5.60. The summed E-state index contributed by atoms with van der Waals surface area (Å²) < 4.78 is 3.26. The topological polar surface area (TPSA) is 85.0 Å². The number of rotatable bonds is 5. The first kappa shape index (κ1) is 15.2. The van der Waals surface area contributed by atoms with E-state index < -0.39 is 6.10 Å². The summed E-state index contributed by atoms with van der Waals surface area (Å²) in [5, 5.41) is 17.2. The van der Waals surface area contributed by atoms with Gasteiger partial charge in [0.05, 0.1) is 29.7 Å². The lowest BCUT2D eigenvalue weighted by Crippen LogP contribution is -2.28. The summed E-state index contributed by atoms with van der Waals surface area (Å²) >= 11 is 0. The molecule has 0 unspecified atom stereocenters. The number of nitrogens with zero attached hydrogens (tertiary/aromatic N) is 4. The van der Waals surface area contributed by atoms with E-state index in [0.717, 1.165) is 5.56 Å². The fraction of sp³-hybridized carbons (Fsp3) is 0.312. The second kappa shape index (κ2) is 6.21. The zero-order valence-electron chi connectivity index (χ0n) is 13.1. The Morgan fingerprint density at radius 3 is 2.83 bits per heavy atom. The normalized spacial score (nSPS) is 12.5. The lowest BCUT2D eigenvalue weighted by atomic mass is 10.2. The van der Waals surface area contributed by atoms with E-state index in [0.29, 0.717) is 29.9 Å². The lowest BCUT2D eigenvalue weighted by molar-refractivity contribution is 0.208. The number of aliphatic hydroxyl groups excluding tert-OH is 1. The van der Waals surface area contributed by atoms with Crippen molar-refractivity contribution < 1.29 is 5.11 Å². The van der Waals surface area contributed by atoms with Gasteiger partial charge in [-0.3, -0.25) is 14.0 Å². The Morgan fingerprint density at radius 2 is 2.13 bits per heavy atom. The molecular formula is C16H19N5O2. The third-order valence-electron chi connectivity index (χ3n) is 3.52. The van der Waals surface area contributed by atoms with E-state index in [9.17, 15) is 9.90 Å². The number of hydrogen-bond acceptors (Lipinski definition) is 5. The maximum Gasteiger partial charge on any atom is 0.263 e. The van der Waals surface area contributed by atoms with Crippen molar-refractivity contribution in [1.82, 2.24) is 19.3 Å². The molecule has 0 bridgehead atoms. The molecule has 3 rings (SSSR count). The van der Waals surface area contributed by atoms with Crippen molar-refractivity contribution in [2.45, 2.75) is 19.6 Å². The SMILES string of the molecule is C[C@H](O)CNc1nc2ccccc2c(=O)n1Cc1cnn(C)c1. The average Bonchev–Trinajstić information content (AvgIpc) is 2.93. The fourth-order valence-corrected chi connectivity index (χ4v) is 2.42. The van der Waals surface area contributed by atoms with Crippen molar-refractivity contribution in [1.29, 1.82) is 0 Å². The Balaban J connectivity index is 2.09. The molecule has 0 saturated heterocycles. The van der Waals surface area contributed by atoms with Gasteiger partial charge in [-0.15, -0.1) is 0 Å². The summed E-state index contributed by atoms with van der Waals surface area (Å²) in [5.74, 6) is 0.443. The summed E-state index contributed by atoms with van der Waals surface area (Å²) in [7, 11) is 1.83. The maximum absolute atomic E-state index is 12.8. The van der Waals surface area contributed by atoms with Gasteiger partial charge in [-0.05, 0) is 19.1 Å². The number of benzene rings is 1. The predicted molar refractivity (Wildman–Crippen MR) is 88.5 cm³/mol. The van der Waals surface area contributed by atoms with E-state index in [1.54, 1.807) is 34.5 Å². The van der Waals surface area contributed by atoms with Gasteiger partial charge in [0.15, 0.2) is 0 Å². The van der Waals surface area contributed by atoms with Gasteiger partial charge in [-0.2, -0.15) is 5.10 Å². The number of aliphatic hydroxyl groups is 1. The Hall–Kier alpha value is -2.67. The minimum atomic E-state index is -0.537. The van der Waals surface area contributed by atoms with Crippen molar-refractivity contribution in [2.75, 3.05) is 11.9 Å². The molecule has 0 fully saturated rings. The van der Waals surface area contributed by atoms with Crippen molar-refractivity contribution >= 4 is 16.9 Å².